The Morgan fingerprint density at radius 2 is 1.84 bits per heavy atom. The highest BCUT2D eigenvalue weighted by Gasteiger charge is 2.11. The number of rotatable bonds is 9. The minimum Gasteiger partial charge on any atom is -0.490 e. The van der Waals surface area contributed by atoms with Crippen LogP contribution in [0.15, 0.2) is 40.9 Å². The minimum atomic E-state index is -0.400. The van der Waals surface area contributed by atoms with Crippen LogP contribution in [-0.2, 0) is 13.2 Å². The van der Waals surface area contributed by atoms with Gasteiger partial charge in [0.2, 0.25) is 0 Å². The number of aliphatic hydroxyl groups excluding tert-OH is 1. The summed E-state index contributed by atoms with van der Waals surface area (Å²) in [6, 6.07) is 10.00. The van der Waals surface area contributed by atoms with Crippen molar-refractivity contribution >= 4 is 15.9 Å². The maximum absolute atomic E-state index is 13.0. The molecule has 0 saturated heterocycles. The second-order valence-corrected chi connectivity index (χ2v) is 6.57. The quantitative estimate of drug-likeness (QED) is 0.653. The highest BCUT2D eigenvalue weighted by molar-refractivity contribution is 9.10. The van der Waals surface area contributed by atoms with Crippen LogP contribution in [0, 0.1) is 5.82 Å². The number of benzene rings is 2. The summed E-state index contributed by atoms with van der Waals surface area (Å²) < 4.78 is 25.4. The number of aliphatic hydroxyl groups is 1. The van der Waals surface area contributed by atoms with Crippen LogP contribution < -0.4 is 14.8 Å². The third-order valence-electron chi connectivity index (χ3n) is 3.48. The summed E-state index contributed by atoms with van der Waals surface area (Å²) in [5.74, 6) is 1.01. The first-order valence-electron chi connectivity index (χ1n) is 8.20. The van der Waals surface area contributed by atoms with E-state index in [-0.39, 0.29) is 5.82 Å². The third kappa shape index (κ3) is 6.30. The summed E-state index contributed by atoms with van der Waals surface area (Å²) in [5.41, 5.74) is 1.89. The van der Waals surface area contributed by atoms with E-state index < -0.39 is 6.10 Å². The van der Waals surface area contributed by atoms with Crippen LogP contribution in [0.25, 0.3) is 0 Å². The van der Waals surface area contributed by atoms with E-state index >= 15 is 0 Å². The summed E-state index contributed by atoms with van der Waals surface area (Å²) in [7, 11) is 0. The number of hydrogen-bond acceptors (Lipinski definition) is 4. The van der Waals surface area contributed by atoms with Gasteiger partial charge in [-0.2, -0.15) is 0 Å². The fourth-order valence-corrected chi connectivity index (χ4v) is 2.71. The molecule has 0 aliphatic carbocycles. The van der Waals surface area contributed by atoms with Crippen molar-refractivity contribution in [2.75, 3.05) is 13.2 Å². The molecule has 2 aromatic rings. The highest BCUT2D eigenvalue weighted by atomic mass is 79.9. The molecule has 6 heteroatoms. The molecule has 0 fully saturated rings. The molecule has 1 unspecified atom stereocenters. The number of halogens is 2. The summed E-state index contributed by atoms with van der Waals surface area (Å²) >= 11 is 3.55. The lowest BCUT2D eigenvalue weighted by molar-refractivity contribution is 0.191. The third-order valence-corrected chi connectivity index (χ3v) is 4.21. The lowest BCUT2D eigenvalue weighted by atomic mass is 10.2. The molecule has 1 atom stereocenters. The van der Waals surface area contributed by atoms with Gasteiger partial charge in [0.15, 0.2) is 11.5 Å². The molecule has 0 aromatic heterocycles. The van der Waals surface area contributed by atoms with E-state index in [1.807, 2.05) is 19.1 Å². The van der Waals surface area contributed by atoms with Gasteiger partial charge in [0.25, 0.3) is 0 Å². The molecule has 4 nitrogen and oxygen atoms in total. The van der Waals surface area contributed by atoms with Gasteiger partial charge in [-0.1, -0.05) is 28.1 Å². The maximum Gasteiger partial charge on any atom is 0.162 e. The number of ether oxygens (including phenoxy) is 2. The van der Waals surface area contributed by atoms with Gasteiger partial charge in [-0.3, -0.25) is 0 Å². The molecular weight excluding hydrogens is 389 g/mol. The van der Waals surface area contributed by atoms with Gasteiger partial charge in [0, 0.05) is 17.6 Å². The Kier molecular flexibility index (Phi) is 7.68. The average molecular weight is 412 g/mol. The van der Waals surface area contributed by atoms with Crippen molar-refractivity contribution in [2.45, 2.75) is 33.1 Å². The van der Waals surface area contributed by atoms with Crippen molar-refractivity contribution in [3.05, 3.63) is 57.8 Å². The molecule has 0 spiro atoms. The van der Waals surface area contributed by atoms with Gasteiger partial charge in [0.1, 0.15) is 12.4 Å². The molecule has 0 aliphatic rings. The predicted molar refractivity (Wildman–Crippen MR) is 99.4 cm³/mol. The molecule has 0 amide bonds. The van der Waals surface area contributed by atoms with E-state index in [0.717, 1.165) is 15.6 Å². The molecule has 0 saturated carbocycles. The van der Waals surface area contributed by atoms with Crippen LogP contribution in [0.1, 0.15) is 25.0 Å². The van der Waals surface area contributed by atoms with Crippen molar-refractivity contribution in [2.24, 2.45) is 0 Å². The average Bonchev–Trinajstić information content (AvgIpc) is 2.57. The standard InChI is InChI=1S/C19H23BrFNO3/c1-3-24-18-8-15(11-22-10-13(2)23)17(20)9-19(18)25-12-14-4-6-16(21)7-5-14/h4-9,13,22-23H,3,10-12H2,1-2H3. The first kappa shape index (κ1) is 19.7. The van der Waals surface area contributed by atoms with E-state index in [1.54, 1.807) is 19.1 Å². The zero-order chi connectivity index (χ0) is 18.2. The Balaban J connectivity index is 2.10. The van der Waals surface area contributed by atoms with Gasteiger partial charge in [-0.15, -0.1) is 0 Å². The Morgan fingerprint density at radius 3 is 2.48 bits per heavy atom. The Hall–Kier alpha value is -1.63. The summed E-state index contributed by atoms with van der Waals surface area (Å²) in [6.45, 7) is 5.61. The Bertz CT molecular complexity index is 677. The van der Waals surface area contributed by atoms with Crippen molar-refractivity contribution in [1.82, 2.24) is 5.32 Å². The molecule has 136 valence electrons. The topological polar surface area (TPSA) is 50.7 Å². The van der Waals surface area contributed by atoms with E-state index in [9.17, 15) is 9.50 Å². The lowest BCUT2D eigenvalue weighted by Crippen LogP contribution is -2.24. The summed E-state index contributed by atoms with van der Waals surface area (Å²) in [4.78, 5) is 0. The first-order valence-corrected chi connectivity index (χ1v) is 9.00. The van der Waals surface area contributed by atoms with Gasteiger partial charge < -0.3 is 19.9 Å². The summed E-state index contributed by atoms with van der Waals surface area (Å²) in [6.07, 6.45) is -0.400. The SMILES string of the molecule is CCOc1cc(CNCC(C)O)c(Br)cc1OCc1ccc(F)cc1. The predicted octanol–water partition coefficient (Wildman–Crippen LogP) is 4.04. The fourth-order valence-electron chi connectivity index (χ4n) is 2.25. The van der Waals surface area contributed by atoms with Crippen molar-refractivity contribution < 1.29 is 19.0 Å². The highest BCUT2D eigenvalue weighted by Crippen LogP contribution is 2.34. The first-order chi connectivity index (χ1) is 12.0. The van der Waals surface area contributed by atoms with Crippen LogP contribution in [-0.4, -0.2) is 24.4 Å². The van der Waals surface area contributed by atoms with Gasteiger partial charge in [-0.25, -0.2) is 4.39 Å². The molecule has 2 rings (SSSR count). The van der Waals surface area contributed by atoms with Gasteiger partial charge in [0.05, 0.1) is 12.7 Å². The summed E-state index contributed by atoms with van der Waals surface area (Å²) in [5, 5.41) is 12.5. The zero-order valence-electron chi connectivity index (χ0n) is 14.4. The van der Waals surface area contributed by atoms with E-state index in [4.69, 9.17) is 9.47 Å². The second kappa shape index (κ2) is 9.75. The van der Waals surface area contributed by atoms with Crippen LogP contribution in [0.3, 0.4) is 0 Å². The zero-order valence-corrected chi connectivity index (χ0v) is 16.0. The van der Waals surface area contributed by atoms with Crippen LogP contribution in [0.2, 0.25) is 0 Å². The van der Waals surface area contributed by atoms with Gasteiger partial charge >= 0.3 is 0 Å². The minimum absolute atomic E-state index is 0.268. The molecular formula is C19H23BrFNO3. The second-order valence-electron chi connectivity index (χ2n) is 5.72. The van der Waals surface area contributed by atoms with E-state index in [2.05, 4.69) is 21.2 Å². The Morgan fingerprint density at radius 1 is 1.16 bits per heavy atom. The molecule has 0 radical (unpaired) electrons. The number of nitrogens with one attached hydrogen (secondary N) is 1. The van der Waals surface area contributed by atoms with E-state index in [1.165, 1.54) is 12.1 Å². The fraction of sp³-hybridized carbons (Fsp3) is 0.368. The Labute approximate surface area is 156 Å². The smallest absolute Gasteiger partial charge is 0.162 e. The largest absolute Gasteiger partial charge is 0.490 e. The van der Waals surface area contributed by atoms with E-state index in [0.29, 0.717) is 37.8 Å². The lowest BCUT2D eigenvalue weighted by Gasteiger charge is -2.16. The molecule has 0 bridgehead atoms. The molecule has 25 heavy (non-hydrogen) atoms. The molecule has 2 N–H and O–H groups in total. The van der Waals surface area contributed by atoms with Crippen molar-refractivity contribution in [3.8, 4) is 11.5 Å². The molecule has 2 aromatic carbocycles. The van der Waals surface area contributed by atoms with Crippen molar-refractivity contribution in [1.29, 1.82) is 0 Å². The van der Waals surface area contributed by atoms with Crippen molar-refractivity contribution in [3.63, 3.8) is 0 Å². The number of hydrogen-bond donors (Lipinski definition) is 2. The van der Waals surface area contributed by atoms with Crippen LogP contribution >= 0.6 is 15.9 Å². The van der Waals surface area contributed by atoms with Crippen LogP contribution in [0.5, 0.6) is 11.5 Å². The maximum atomic E-state index is 13.0. The van der Waals surface area contributed by atoms with Crippen LogP contribution in [0.4, 0.5) is 4.39 Å². The normalized spacial score (nSPS) is 12.0. The molecule has 0 heterocycles. The molecule has 0 aliphatic heterocycles. The monoisotopic (exact) mass is 411 g/mol. The van der Waals surface area contributed by atoms with Gasteiger partial charge in [-0.05, 0) is 49.2 Å².